The number of hydrogen-bond donors (Lipinski definition) is 1. The molecule has 0 unspecified atom stereocenters. The monoisotopic (exact) mass is 272 g/mol. The van der Waals surface area contributed by atoms with Crippen LogP contribution in [0.15, 0.2) is 59.7 Å². The van der Waals surface area contributed by atoms with Crippen molar-refractivity contribution < 1.29 is 4.79 Å². The Morgan fingerprint density at radius 1 is 0.842 bits per heavy atom. The van der Waals surface area contributed by atoms with Crippen LogP contribution in [0, 0.1) is 0 Å². The molecule has 0 fully saturated rings. The number of carbonyl (C=O) groups excluding carboxylic acids is 1. The molecule has 3 nitrogen and oxygen atoms in total. The summed E-state index contributed by atoms with van der Waals surface area (Å²) in [5.74, 6) is -0.0443. The van der Waals surface area contributed by atoms with Gasteiger partial charge in [-0.2, -0.15) is 5.10 Å². The number of nitrogens with zero attached hydrogens (tertiary/aromatic N) is 1. The normalized spacial score (nSPS) is 13.5. The molecule has 19 heavy (non-hydrogen) atoms. The van der Waals surface area contributed by atoms with Crippen molar-refractivity contribution in [3.05, 3.63) is 60.2 Å². The van der Waals surface area contributed by atoms with Crippen LogP contribution in [-0.4, -0.2) is 11.6 Å². The maximum absolute atomic E-state index is 11.1. The van der Waals surface area contributed by atoms with Gasteiger partial charge in [-0.3, -0.25) is 4.79 Å². The van der Waals surface area contributed by atoms with Crippen LogP contribution in [0.25, 0.3) is 11.1 Å². The molecule has 1 N–H and O–H groups in total. The summed E-state index contributed by atoms with van der Waals surface area (Å²) < 4.78 is 0. The second kappa shape index (κ2) is 5.67. The number of amides is 1. The highest BCUT2D eigenvalue weighted by atomic mass is 35.5. The van der Waals surface area contributed by atoms with E-state index in [1.807, 2.05) is 30.3 Å². The zero-order valence-corrected chi connectivity index (χ0v) is 11.0. The first-order valence-electron chi connectivity index (χ1n) is 5.84. The SMILES string of the molecule is Cl.O=C1CC(c2ccc(-c3ccccc3)cc2)=NN1. The van der Waals surface area contributed by atoms with Gasteiger partial charge in [0.15, 0.2) is 0 Å². The summed E-state index contributed by atoms with van der Waals surface area (Å²) in [7, 11) is 0. The van der Waals surface area contributed by atoms with Gasteiger partial charge in [0, 0.05) is 0 Å². The average Bonchev–Trinajstić information content (AvgIpc) is 2.87. The Labute approximate surface area is 117 Å². The van der Waals surface area contributed by atoms with E-state index >= 15 is 0 Å². The van der Waals surface area contributed by atoms with E-state index in [0.29, 0.717) is 6.42 Å². The van der Waals surface area contributed by atoms with Crippen LogP contribution >= 0.6 is 12.4 Å². The molecule has 0 aliphatic carbocycles. The first kappa shape index (κ1) is 13.3. The summed E-state index contributed by atoms with van der Waals surface area (Å²) in [6.45, 7) is 0. The van der Waals surface area contributed by atoms with Crippen LogP contribution in [-0.2, 0) is 4.79 Å². The fourth-order valence-electron chi connectivity index (χ4n) is 2.01. The highest BCUT2D eigenvalue weighted by Gasteiger charge is 2.15. The van der Waals surface area contributed by atoms with Crippen molar-refractivity contribution >= 4 is 24.0 Å². The number of hydrazone groups is 1. The van der Waals surface area contributed by atoms with Crippen LogP contribution in [0.5, 0.6) is 0 Å². The number of hydrogen-bond acceptors (Lipinski definition) is 2. The van der Waals surface area contributed by atoms with Gasteiger partial charge < -0.3 is 0 Å². The van der Waals surface area contributed by atoms with Gasteiger partial charge in [0.05, 0.1) is 12.1 Å². The Hall–Kier alpha value is -2.13. The standard InChI is InChI=1S/C15H12N2O.ClH/c18-15-10-14(16-17-15)13-8-6-12(7-9-13)11-4-2-1-3-5-11;/h1-9H,10H2,(H,17,18);1H. The van der Waals surface area contributed by atoms with E-state index in [1.54, 1.807) is 0 Å². The molecule has 0 radical (unpaired) electrons. The molecule has 0 bridgehead atoms. The third-order valence-electron chi connectivity index (χ3n) is 2.97. The molecule has 1 aliphatic rings. The molecule has 4 heteroatoms. The van der Waals surface area contributed by atoms with E-state index in [-0.39, 0.29) is 18.3 Å². The maximum Gasteiger partial charge on any atom is 0.246 e. The number of benzene rings is 2. The van der Waals surface area contributed by atoms with Crippen LogP contribution in [0.4, 0.5) is 0 Å². The van der Waals surface area contributed by atoms with Gasteiger partial charge in [-0.05, 0) is 16.7 Å². The molecule has 3 rings (SSSR count). The molecule has 1 aliphatic heterocycles. The Morgan fingerprint density at radius 2 is 1.42 bits per heavy atom. The number of carbonyl (C=O) groups is 1. The van der Waals surface area contributed by atoms with E-state index in [2.05, 4.69) is 34.8 Å². The van der Waals surface area contributed by atoms with Crippen molar-refractivity contribution in [2.24, 2.45) is 5.10 Å². The third kappa shape index (κ3) is 2.83. The van der Waals surface area contributed by atoms with E-state index < -0.39 is 0 Å². The summed E-state index contributed by atoms with van der Waals surface area (Å²) in [4.78, 5) is 11.1. The third-order valence-corrected chi connectivity index (χ3v) is 2.97. The minimum Gasteiger partial charge on any atom is -0.273 e. The Balaban J connectivity index is 0.00000133. The van der Waals surface area contributed by atoms with Crippen LogP contribution in [0.3, 0.4) is 0 Å². The predicted molar refractivity (Wildman–Crippen MR) is 78.4 cm³/mol. The maximum atomic E-state index is 11.1. The van der Waals surface area contributed by atoms with Crippen molar-refractivity contribution in [1.29, 1.82) is 0 Å². The number of rotatable bonds is 2. The Bertz CT molecular complexity index is 606. The first-order chi connectivity index (χ1) is 8.83. The summed E-state index contributed by atoms with van der Waals surface area (Å²) in [6.07, 6.45) is 0.366. The molecule has 2 aromatic rings. The van der Waals surface area contributed by atoms with Crippen molar-refractivity contribution in [1.82, 2.24) is 5.43 Å². The average molecular weight is 273 g/mol. The van der Waals surface area contributed by atoms with E-state index in [1.165, 1.54) is 5.56 Å². The molecular formula is C15H13ClN2O. The zero-order chi connectivity index (χ0) is 12.4. The predicted octanol–water partition coefficient (Wildman–Crippen LogP) is 3.00. The van der Waals surface area contributed by atoms with E-state index in [9.17, 15) is 4.79 Å². The van der Waals surface area contributed by atoms with Crippen LogP contribution < -0.4 is 5.43 Å². The Kier molecular flexibility index (Phi) is 3.97. The second-order valence-corrected chi connectivity index (χ2v) is 4.21. The molecule has 0 atom stereocenters. The highest BCUT2D eigenvalue weighted by molar-refractivity contribution is 6.13. The van der Waals surface area contributed by atoms with E-state index in [4.69, 9.17) is 0 Å². The molecule has 1 heterocycles. The summed E-state index contributed by atoms with van der Waals surface area (Å²) in [5.41, 5.74) is 6.61. The molecule has 2 aromatic carbocycles. The second-order valence-electron chi connectivity index (χ2n) is 4.21. The van der Waals surface area contributed by atoms with Gasteiger partial charge >= 0.3 is 0 Å². The molecule has 96 valence electrons. The van der Waals surface area contributed by atoms with Gasteiger partial charge in [-0.1, -0.05) is 54.6 Å². The van der Waals surface area contributed by atoms with Gasteiger partial charge in [0.2, 0.25) is 5.91 Å². The van der Waals surface area contributed by atoms with Gasteiger partial charge in [0.1, 0.15) is 0 Å². The van der Waals surface area contributed by atoms with Gasteiger partial charge in [-0.25, -0.2) is 5.43 Å². The number of nitrogens with one attached hydrogen (secondary N) is 1. The van der Waals surface area contributed by atoms with Crippen molar-refractivity contribution in [3.8, 4) is 11.1 Å². The van der Waals surface area contributed by atoms with Crippen molar-refractivity contribution in [3.63, 3.8) is 0 Å². The minimum atomic E-state index is -0.0443. The minimum absolute atomic E-state index is 0. The van der Waals surface area contributed by atoms with Gasteiger partial charge in [0.25, 0.3) is 0 Å². The highest BCUT2D eigenvalue weighted by Crippen LogP contribution is 2.20. The molecule has 0 spiro atoms. The van der Waals surface area contributed by atoms with Gasteiger partial charge in [-0.15, -0.1) is 12.4 Å². The topological polar surface area (TPSA) is 41.5 Å². The van der Waals surface area contributed by atoms with E-state index in [0.717, 1.165) is 16.8 Å². The summed E-state index contributed by atoms with van der Waals surface area (Å²) in [6, 6.07) is 18.3. The lowest BCUT2D eigenvalue weighted by Gasteiger charge is -2.03. The molecule has 0 saturated carbocycles. The Morgan fingerprint density at radius 3 is 2.00 bits per heavy atom. The van der Waals surface area contributed by atoms with Crippen molar-refractivity contribution in [2.45, 2.75) is 6.42 Å². The molecule has 0 aromatic heterocycles. The van der Waals surface area contributed by atoms with Crippen LogP contribution in [0.1, 0.15) is 12.0 Å². The van der Waals surface area contributed by atoms with Crippen LogP contribution in [0.2, 0.25) is 0 Å². The zero-order valence-electron chi connectivity index (χ0n) is 10.2. The fraction of sp³-hybridized carbons (Fsp3) is 0.0667. The smallest absolute Gasteiger partial charge is 0.246 e. The quantitative estimate of drug-likeness (QED) is 0.897. The van der Waals surface area contributed by atoms with Crippen molar-refractivity contribution in [2.75, 3.05) is 0 Å². The molecule has 1 amide bonds. The number of halogens is 1. The lowest BCUT2D eigenvalue weighted by Crippen LogP contribution is -2.09. The fourth-order valence-corrected chi connectivity index (χ4v) is 2.01. The summed E-state index contributed by atoms with van der Waals surface area (Å²) >= 11 is 0. The molecular weight excluding hydrogens is 260 g/mol. The lowest BCUT2D eigenvalue weighted by molar-refractivity contribution is -0.119. The first-order valence-corrected chi connectivity index (χ1v) is 5.84. The lowest BCUT2D eigenvalue weighted by atomic mass is 10.0. The summed E-state index contributed by atoms with van der Waals surface area (Å²) in [5, 5.41) is 4.01. The largest absolute Gasteiger partial charge is 0.273 e. The molecule has 0 saturated heterocycles.